The lowest BCUT2D eigenvalue weighted by molar-refractivity contribution is 0.0523. The van der Waals surface area contributed by atoms with Gasteiger partial charge < -0.3 is 9.64 Å². The van der Waals surface area contributed by atoms with Crippen molar-refractivity contribution in [2.75, 3.05) is 26.7 Å². The molecule has 0 bridgehead atoms. The highest BCUT2D eigenvalue weighted by Crippen LogP contribution is 2.59. The van der Waals surface area contributed by atoms with Crippen LogP contribution in [0.5, 0.6) is 0 Å². The van der Waals surface area contributed by atoms with Crippen LogP contribution in [0, 0.1) is 5.92 Å². The van der Waals surface area contributed by atoms with E-state index < -0.39 is 0 Å². The standard InChI is InChI=1S/C16H21NO2/c1-3-19-15(18)13-6-4-5-7-14(13)16-8-9-17(2)11-12(16)10-16/h4-7,12H,3,8-11H2,1-2H3. The van der Waals surface area contributed by atoms with E-state index >= 15 is 0 Å². The molecule has 102 valence electrons. The van der Waals surface area contributed by atoms with Gasteiger partial charge in [0.05, 0.1) is 12.2 Å². The first-order chi connectivity index (χ1) is 9.17. The Kier molecular flexibility index (Phi) is 3.09. The third-order valence-electron chi connectivity index (χ3n) is 4.66. The highest BCUT2D eigenvalue weighted by molar-refractivity contribution is 5.91. The first kappa shape index (κ1) is 12.7. The van der Waals surface area contributed by atoms with Crippen LogP contribution in [0.15, 0.2) is 24.3 Å². The summed E-state index contributed by atoms with van der Waals surface area (Å²) in [5.41, 5.74) is 2.23. The first-order valence-electron chi connectivity index (χ1n) is 7.12. The van der Waals surface area contributed by atoms with E-state index in [2.05, 4.69) is 18.0 Å². The molecule has 0 amide bonds. The van der Waals surface area contributed by atoms with Crippen LogP contribution in [-0.4, -0.2) is 37.6 Å². The summed E-state index contributed by atoms with van der Waals surface area (Å²) < 4.78 is 5.19. The second-order valence-electron chi connectivity index (χ2n) is 5.84. The third kappa shape index (κ3) is 2.06. The van der Waals surface area contributed by atoms with E-state index in [9.17, 15) is 4.79 Å². The van der Waals surface area contributed by atoms with E-state index in [0.717, 1.165) is 25.1 Å². The molecule has 0 aromatic heterocycles. The van der Waals surface area contributed by atoms with Crippen molar-refractivity contribution in [3.05, 3.63) is 35.4 Å². The number of piperidine rings is 1. The van der Waals surface area contributed by atoms with Crippen LogP contribution in [0.1, 0.15) is 35.7 Å². The molecule has 19 heavy (non-hydrogen) atoms. The zero-order valence-electron chi connectivity index (χ0n) is 11.7. The fourth-order valence-corrected chi connectivity index (χ4v) is 3.55. The molecule has 2 aliphatic rings. The van der Waals surface area contributed by atoms with Gasteiger partial charge in [-0.2, -0.15) is 0 Å². The minimum absolute atomic E-state index is 0.169. The molecule has 1 heterocycles. The maximum absolute atomic E-state index is 12.1. The van der Waals surface area contributed by atoms with Gasteiger partial charge in [0.2, 0.25) is 0 Å². The Labute approximate surface area is 114 Å². The summed E-state index contributed by atoms with van der Waals surface area (Å²) in [5, 5.41) is 0. The molecule has 1 aromatic rings. The van der Waals surface area contributed by atoms with Gasteiger partial charge in [-0.3, -0.25) is 0 Å². The Hall–Kier alpha value is -1.35. The molecule has 3 heteroatoms. The topological polar surface area (TPSA) is 29.5 Å². The van der Waals surface area contributed by atoms with Crippen molar-refractivity contribution in [3.63, 3.8) is 0 Å². The number of carbonyl (C=O) groups is 1. The van der Waals surface area contributed by atoms with Gasteiger partial charge in [0, 0.05) is 12.0 Å². The molecule has 2 atom stereocenters. The largest absolute Gasteiger partial charge is 0.462 e. The summed E-state index contributed by atoms with van der Waals surface area (Å²) >= 11 is 0. The Morgan fingerprint density at radius 1 is 1.47 bits per heavy atom. The molecule has 2 unspecified atom stereocenters. The van der Waals surface area contributed by atoms with Gasteiger partial charge in [-0.25, -0.2) is 4.79 Å². The normalized spacial score (nSPS) is 29.7. The average Bonchev–Trinajstić information content (AvgIpc) is 3.13. The lowest BCUT2D eigenvalue weighted by atomic mass is 9.84. The third-order valence-corrected chi connectivity index (χ3v) is 4.66. The second kappa shape index (κ2) is 4.64. The van der Waals surface area contributed by atoms with E-state index in [0.29, 0.717) is 12.5 Å². The fraction of sp³-hybridized carbons (Fsp3) is 0.562. The predicted octanol–water partition coefficient (Wildman–Crippen LogP) is 2.46. The van der Waals surface area contributed by atoms with Gasteiger partial charge in [-0.1, -0.05) is 18.2 Å². The van der Waals surface area contributed by atoms with E-state index in [4.69, 9.17) is 4.74 Å². The van der Waals surface area contributed by atoms with Crippen LogP contribution in [-0.2, 0) is 10.2 Å². The smallest absolute Gasteiger partial charge is 0.338 e. The Balaban J connectivity index is 1.92. The molecule has 1 aliphatic carbocycles. The molecule has 0 N–H and O–H groups in total. The predicted molar refractivity (Wildman–Crippen MR) is 74.3 cm³/mol. The van der Waals surface area contributed by atoms with Gasteiger partial charge in [0.1, 0.15) is 0 Å². The van der Waals surface area contributed by atoms with Crippen molar-refractivity contribution in [3.8, 4) is 0 Å². The highest BCUT2D eigenvalue weighted by atomic mass is 16.5. The molecule has 1 saturated carbocycles. The van der Waals surface area contributed by atoms with Crippen molar-refractivity contribution in [1.82, 2.24) is 4.90 Å². The number of carbonyl (C=O) groups excluding carboxylic acids is 1. The minimum Gasteiger partial charge on any atom is -0.462 e. The number of likely N-dealkylation sites (tertiary alicyclic amines) is 1. The maximum atomic E-state index is 12.1. The average molecular weight is 259 g/mol. The lowest BCUT2D eigenvalue weighted by Crippen LogP contribution is -2.34. The quantitative estimate of drug-likeness (QED) is 0.781. The Bertz CT molecular complexity index is 499. The molecule has 0 spiro atoms. The zero-order chi connectivity index (χ0) is 13.5. The van der Waals surface area contributed by atoms with Gasteiger partial charge in [-0.15, -0.1) is 0 Å². The highest BCUT2D eigenvalue weighted by Gasteiger charge is 2.57. The summed E-state index contributed by atoms with van der Waals surface area (Å²) in [6.07, 6.45) is 2.37. The van der Waals surface area contributed by atoms with Gasteiger partial charge in [0.25, 0.3) is 0 Å². The zero-order valence-corrected chi connectivity index (χ0v) is 11.7. The molecule has 1 aliphatic heterocycles. The first-order valence-corrected chi connectivity index (χ1v) is 7.12. The van der Waals surface area contributed by atoms with E-state index in [1.54, 1.807) is 0 Å². The summed E-state index contributed by atoms with van der Waals surface area (Å²) in [4.78, 5) is 14.5. The van der Waals surface area contributed by atoms with Gasteiger partial charge in [-0.05, 0) is 50.9 Å². The van der Waals surface area contributed by atoms with Crippen molar-refractivity contribution in [2.45, 2.75) is 25.2 Å². The number of fused-ring (bicyclic) bond motifs is 1. The molecule has 3 nitrogen and oxygen atoms in total. The van der Waals surface area contributed by atoms with Crippen molar-refractivity contribution in [1.29, 1.82) is 0 Å². The van der Waals surface area contributed by atoms with Crippen LogP contribution in [0.4, 0.5) is 0 Å². The number of rotatable bonds is 3. The molecule has 1 aromatic carbocycles. The van der Waals surface area contributed by atoms with Crippen molar-refractivity contribution in [2.24, 2.45) is 5.92 Å². The summed E-state index contributed by atoms with van der Waals surface area (Å²) in [5.74, 6) is 0.541. The number of hydrogen-bond donors (Lipinski definition) is 0. The monoisotopic (exact) mass is 259 g/mol. The lowest BCUT2D eigenvalue weighted by Gasteiger charge is -2.30. The number of hydrogen-bond acceptors (Lipinski definition) is 3. The van der Waals surface area contributed by atoms with Gasteiger partial charge >= 0.3 is 5.97 Å². The van der Waals surface area contributed by atoms with Crippen LogP contribution in [0.2, 0.25) is 0 Å². The van der Waals surface area contributed by atoms with E-state index in [-0.39, 0.29) is 11.4 Å². The molecular weight excluding hydrogens is 238 g/mol. The Morgan fingerprint density at radius 2 is 2.26 bits per heavy atom. The number of esters is 1. The molecule has 1 saturated heterocycles. The van der Waals surface area contributed by atoms with Crippen LogP contribution >= 0.6 is 0 Å². The minimum atomic E-state index is -0.169. The number of ether oxygens (including phenoxy) is 1. The SMILES string of the molecule is CCOC(=O)c1ccccc1C12CCN(C)CC1C2. The summed E-state index contributed by atoms with van der Waals surface area (Å²) in [6, 6.07) is 8.01. The number of nitrogens with zero attached hydrogens (tertiary/aromatic N) is 1. The maximum Gasteiger partial charge on any atom is 0.338 e. The van der Waals surface area contributed by atoms with Crippen LogP contribution < -0.4 is 0 Å². The van der Waals surface area contributed by atoms with Crippen LogP contribution in [0.3, 0.4) is 0 Å². The van der Waals surface area contributed by atoms with Crippen molar-refractivity contribution < 1.29 is 9.53 Å². The summed E-state index contributed by atoms with van der Waals surface area (Å²) in [6.45, 7) is 4.56. The van der Waals surface area contributed by atoms with E-state index in [1.807, 2.05) is 25.1 Å². The molecule has 3 rings (SSSR count). The van der Waals surface area contributed by atoms with E-state index in [1.165, 1.54) is 12.0 Å². The molecular formula is C16H21NO2. The summed E-state index contributed by atoms with van der Waals surface area (Å²) in [7, 11) is 2.18. The molecule has 2 fully saturated rings. The Morgan fingerprint density at radius 3 is 3.00 bits per heavy atom. The molecule has 0 radical (unpaired) electrons. The fourth-order valence-electron chi connectivity index (χ4n) is 3.55. The van der Waals surface area contributed by atoms with Gasteiger partial charge in [0.15, 0.2) is 0 Å². The number of benzene rings is 1. The van der Waals surface area contributed by atoms with Crippen molar-refractivity contribution >= 4 is 5.97 Å². The van der Waals surface area contributed by atoms with Crippen LogP contribution in [0.25, 0.3) is 0 Å². The second-order valence-corrected chi connectivity index (χ2v) is 5.84.